The molecular formula is C14H18N5OS+. The highest BCUT2D eigenvalue weighted by molar-refractivity contribution is 7.98. The number of fused-ring (bicyclic) bond motifs is 1. The molecular weight excluding hydrogens is 286 g/mol. The summed E-state index contributed by atoms with van der Waals surface area (Å²) in [6.45, 7) is 0. The fourth-order valence-electron chi connectivity index (χ4n) is 1.71. The van der Waals surface area contributed by atoms with E-state index in [0.717, 1.165) is 28.8 Å². The van der Waals surface area contributed by atoms with Gasteiger partial charge in [0.1, 0.15) is 0 Å². The lowest BCUT2D eigenvalue weighted by Gasteiger charge is -2.05. The van der Waals surface area contributed by atoms with Gasteiger partial charge >= 0.3 is 0 Å². The minimum Gasteiger partial charge on any atom is -0.347 e. The number of amides is 1. The standard InChI is InChI=1S/C14H17N5OS/c1-21-7-4-11(15)14(20)19-18-9-10-2-3-12-13(8-10)17-6-5-16-12/h2-3,5-6,8-9,11H,4,7,15H2,1H3,(H,19,20)/p+1/b18-9-/t11-/m1/s1. The van der Waals surface area contributed by atoms with Crippen molar-refractivity contribution in [2.45, 2.75) is 12.5 Å². The number of nitrogens with one attached hydrogen (secondary N) is 1. The summed E-state index contributed by atoms with van der Waals surface area (Å²) in [5.41, 5.74) is 8.81. The second-order valence-corrected chi connectivity index (χ2v) is 5.50. The number of thioether (sulfide) groups is 1. The first-order valence-electron chi connectivity index (χ1n) is 6.56. The van der Waals surface area contributed by atoms with Gasteiger partial charge in [0.05, 0.1) is 17.2 Å². The summed E-state index contributed by atoms with van der Waals surface area (Å²) in [5.74, 6) is 0.746. The monoisotopic (exact) mass is 304 g/mol. The molecule has 7 heteroatoms. The van der Waals surface area contributed by atoms with Gasteiger partial charge in [0, 0.05) is 18.8 Å². The van der Waals surface area contributed by atoms with Gasteiger partial charge in [-0.3, -0.25) is 14.8 Å². The van der Waals surface area contributed by atoms with E-state index in [1.54, 1.807) is 30.4 Å². The van der Waals surface area contributed by atoms with Crippen LogP contribution in [0, 0.1) is 0 Å². The molecule has 1 atom stereocenters. The Hall–Kier alpha value is -1.99. The Morgan fingerprint density at radius 2 is 2.19 bits per heavy atom. The Bertz CT molecular complexity index is 646. The normalized spacial score (nSPS) is 12.7. The fraction of sp³-hybridized carbons (Fsp3) is 0.286. The van der Waals surface area contributed by atoms with E-state index in [-0.39, 0.29) is 11.9 Å². The van der Waals surface area contributed by atoms with Gasteiger partial charge in [-0.25, -0.2) is 5.43 Å². The second-order valence-electron chi connectivity index (χ2n) is 4.52. The zero-order valence-electron chi connectivity index (χ0n) is 11.8. The summed E-state index contributed by atoms with van der Waals surface area (Å²) < 4.78 is 0. The molecule has 0 radical (unpaired) electrons. The van der Waals surface area contributed by atoms with Gasteiger partial charge in [-0.1, -0.05) is 6.07 Å². The molecule has 0 aliphatic rings. The molecule has 1 heterocycles. The first-order chi connectivity index (χ1) is 10.2. The molecule has 0 aliphatic heterocycles. The van der Waals surface area contributed by atoms with Crippen molar-refractivity contribution >= 4 is 34.9 Å². The maximum absolute atomic E-state index is 11.7. The van der Waals surface area contributed by atoms with Gasteiger partial charge in [0.25, 0.3) is 5.91 Å². The Labute approximate surface area is 127 Å². The quantitative estimate of drug-likeness (QED) is 0.598. The summed E-state index contributed by atoms with van der Waals surface area (Å²) in [6, 6.07) is 5.33. The van der Waals surface area contributed by atoms with Crippen molar-refractivity contribution in [3.05, 3.63) is 36.2 Å². The summed E-state index contributed by atoms with van der Waals surface area (Å²) in [4.78, 5) is 20.2. The Morgan fingerprint density at radius 3 is 2.95 bits per heavy atom. The van der Waals surface area contributed by atoms with Gasteiger partial charge in [0.15, 0.2) is 6.04 Å². The molecule has 0 unspecified atom stereocenters. The van der Waals surface area contributed by atoms with Gasteiger partial charge in [0.2, 0.25) is 0 Å². The largest absolute Gasteiger partial charge is 0.347 e. The maximum atomic E-state index is 11.7. The molecule has 1 aromatic carbocycles. The summed E-state index contributed by atoms with van der Waals surface area (Å²) in [6.07, 6.45) is 7.64. The Balaban J connectivity index is 1.95. The molecule has 2 rings (SSSR count). The molecule has 110 valence electrons. The van der Waals surface area contributed by atoms with Gasteiger partial charge in [-0.2, -0.15) is 16.9 Å². The minimum absolute atomic E-state index is 0.166. The van der Waals surface area contributed by atoms with Gasteiger partial charge < -0.3 is 5.73 Å². The van der Waals surface area contributed by atoms with Crippen molar-refractivity contribution in [3.8, 4) is 0 Å². The number of hydrogen-bond acceptors (Lipinski definition) is 5. The first kappa shape index (κ1) is 15.4. The summed E-state index contributed by atoms with van der Waals surface area (Å²) in [5, 5.41) is 3.96. The number of quaternary nitrogens is 1. The lowest BCUT2D eigenvalue weighted by Crippen LogP contribution is -2.67. The second kappa shape index (κ2) is 7.70. The van der Waals surface area contributed by atoms with Crippen LogP contribution in [-0.2, 0) is 4.79 Å². The molecule has 0 fully saturated rings. The van der Waals surface area contributed by atoms with E-state index in [4.69, 9.17) is 0 Å². The number of hydrogen-bond donors (Lipinski definition) is 2. The molecule has 6 nitrogen and oxygen atoms in total. The number of aromatic nitrogens is 2. The average molecular weight is 304 g/mol. The third-order valence-corrected chi connectivity index (χ3v) is 3.57. The predicted octanol–water partition coefficient (Wildman–Crippen LogP) is 0.444. The number of nitrogens with zero attached hydrogens (tertiary/aromatic N) is 3. The highest BCUT2D eigenvalue weighted by Gasteiger charge is 2.15. The number of rotatable bonds is 6. The lowest BCUT2D eigenvalue weighted by atomic mass is 10.2. The minimum atomic E-state index is -0.280. The first-order valence-corrected chi connectivity index (χ1v) is 7.96. The van der Waals surface area contributed by atoms with Crippen LogP contribution in [-0.4, -0.2) is 40.1 Å². The Morgan fingerprint density at radius 1 is 1.43 bits per heavy atom. The van der Waals surface area contributed by atoms with Crippen LogP contribution in [0.2, 0.25) is 0 Å². The van der Waals surface area contributed by atoms with Crippen LogP contribution in [0.15, 0.2) is 35.7 Å². The van der Waals surface area contributed by atoms with Gasteiger partial charge in [-0.05, 0) is 29.7 Å². The summed E-state index contributed by atoms with van der Waals surface area (Å²) >= 11 is 1.70. The van der Waals surface area contributed by atoms with Gasteiger partial charge in [-0.15, -0.1) is 0 Å². The Kier molecular flexibility index (Phi) is 5.65. The third kappa shape index (κ3) is 4.51. The number of benzene rings is 1. The highest BCUT2D eigenvalue weighted by Crippen LogP contribution is 2.09. The van der Waals surface area contributed by atoms with Crippen LogP contribution in [0.1, 0.15) is 12.0 Å². The van der Waals surface area contributed by atoms with E-state index in [0.29, 0.717) is 0 Å². The van der Waals surface area contributed by atoms with Crippen molar-refractivity contribution in [3.63, 3.8) is 0 Å². The zero-order chi connectivity index (χ0) is 15.1. The number of hydrazone groups is 1. The average Bonchev–Trinajstić information content (AvgIpc) is 2.52. The van der Waals surface area contributed by atoms with E-state index < -0.39 is 0 Å². The van der Waals surface area contributed by atoms with Crippen LogP contribution in [0.25, 0.3) is 11.0 Å². The summed E-state index contributed by atoms with van der Waals surface area (Å²) in [7, 11) is 0. The van der Waals surface area contributed by atoms with Crippen molar-refractivity contribution in [2.24, 2.45) is 5.10 Å². The molecule has 2 aromatic rings. The molecule has 0 spiro atoms. The number of carbonyl (C=O) groups excluding carboxylic acids is 1. The molecule has 0 aliphatic carbocycles. The van der Waals surface area contributed by atoms with Crippen molar-refractivity contribution in [2.75, 3.05) is 12.0 Å². The van der Waals surface area contributed by atoms with E-state index in [1.807, 2.05) is 24.5 Å². The SMILES string of the molecule is CSCC[C@@H]([NH3+])C(=O)N/N=C\c1ccc2nccnc2c1. The zero-order valence-corrected chi connectivity index (χ0v) is 12.6. The third-order valence-electron chi connectivity index (χ3n) is 2.92. The van der Waals surface area contributed by atoms with E-state index in [9.17, 15) is 4.79 Å². The van der Waals surface area contributed by atoms with Crippen molar-refractivity contribution in [1.29, 1.82) is 0 Å². The van der Waals surface area contributed by atoms with Crippen LogP contribution in [0.3, 0.4) is 0 Å². The van der Waals surface area contributed by atoms with Crippen LogP contribution >= 0.6 is 11.8 Å². The number of carbonyl (C=O) groups is 1. The lowest BCUT2D eigenvalue weighted by molar-refractivity contribution is -0.403. The van der Waals surface area contributed by atoms with Crippen LogP contribution in [0.4, 0.5) is 0 Å². The molecule has 0 bridgehead atoms. The molecule has 4 N–H and O–H groups in total. The molecule has 1 amide bonds. The van der Waals surface area contributed by atoms with E-state index >= 15 is 0 Å². The maximum Gasteiger partial charge on any atom is 0.298 e. The topological polar surface area (TPSA) is 94.9 Å². The molecule has 1 aromatic heterocycles. The van der Waals surface area contributed by atoms with Crippen LogP contribution in [0.5, 0.6) is 0 Å². The smallest absolute Gasteiger partial charge is 0.298 e. The van der Waals surface area contributed by atoms with Crippen molar-refractivity contribution in [1.82, 2.24) is 15.4 Å². The molecule has 21 heavy (non-hydrogen) atoms. The molecule has 0 saturated carbocycles. The predicted molar refractivity (Wildman–Crippen MR) is 84.9 cm³/mol. The fourth-order valence-corrected chi connectivity index (χ4v) is 2.23. The highest BCUT2D eigenvalue weighted by atomic mass is 32.2. The van der Waals surface area contributed by atoms with Crippen molar-refractivity contribution < 1.29 is 10.5 Å². The van der Waals surface area contributed by atoms with E-state index in [2.05, 4.69) is 26.2 Å². The molecule has 0 saturated heterocycles. The van der Waals surface area contributed by atoms with E-state index in [1.165, 1.54) is 0 Å². The van der Waals surface area contributed by atoms with Crippen LogP contribution < -0.4 is 11.2 Å².